The van der Waals surface area contributed by atoms with Gasteiger partial charge in [-0.25, -0.2) is 13.1 Å². The summed E-state index contributed by atoms with van der Waals surface area (Å²) in [7, 11) is -3.42. The van der Waals surface area contributed by atoms with E-state index in [1.807, 2.05) is 0 Å². The highest BCUT2D eigenvalue weighted by Crippen LogP contribution is 2.28. The smallest absolute Gasteiger partial charge is 0.240 e. The molecule has 4 N–H and O–H groups in total. The van der Waals surface area contributed by atoms with E-state index in [1.165, 1.54) is 0 Å². The lowest BCUT2D eigenvalue weighted by Gasteiger charge is -2.28. The van der Waals surface area contributed by atoms with E-state index in [4.69, 9.17) is 5.73 Å². The first kappa shape index (κ1) is 18.4. The van der Waals surface area contributed by atoms with Crippen molar-refractivity contribution in [2.45, 2.75) is 67.8 Å². The Morgan fingerprint density at radius 3 is 2.36 bits per heavy atom. The van der Waals surface area contributed by atoms with Gasteiger partial charge in [0.15, 0.2) is 0 Å². The topological polar surface area (TPSA) is 101 Å². The largest absolute Gasteiger partial charge is 0.349 e. The average Bonchev–Trinajstić information content (AvgIpc) is 3.28. The predicted molar refractivity (Wildman–Crippen MR) is 96.5 cm³/mol. The molecule has 0 saturated heterocycles. The number of nitrogens with one attached hydrogen (secondary N) is 2. The Kier molecular flexibility index (Phi) is 5.46. The van der Waals surface area contributed by atoms with Crippen molar-refractivity contribution in [1.29, 1.82) is 0 Å². The monoisotopic (exact) mass is 365 g/mol. The number of amides is 1. The Balaban J connectivity index is 1.52. The molecular weight excluding hydrogens is 338 g/mol. The summed E-state index contributed by atoms with van der Waals surface area (Å²) < 4.78 is 26.9. The van der Waals surface area contributed by atoms with Gasteiger partial charge in [0.1, 0.15) is 0 Å². The molecule has 0 bridgehead atoms. The van der Waals surface area contributed by atoms with Gasteiger partial charge >= 0.3 is 0 Å². The van der Waals surface area contributed by atoms with Gasteiger partial charge in [-0.2, -0.15) is 0 Å². The first-order valence-electron chi connectivity index (χ1n) is 9.05. The second kappa shape index (κ2) is 7.43. The standard InChI is InChI=1S/C18H27N3O3S/c19-13-18(11-1-2-12-18)20-17(22)10-5-14-3-8-16(9-4-14)25(23,24)21-15-6-7-15/h3-4,8-9,15,21H,1-2,5-7,10-13,19H2,(H,20,22). The fourth-order valence-corrected chi connectivity index (χ4v) is 4.68. The van der Waals surface area contributed by atoms with Gasteiger partial charge in [0, 0.05) is 19.0 Å². The van der Waals surface area contributed by atoms with Gasteiger partial charge in [0.2, 0.25) is 15.9 Å². The minimum absolute atomic E-state index is 0.0134. The number of sulfonamides is 1. The van der Waals surface area contributed by atoms with E-state index in [9.17, 15) is 13.2 Å². The molecule has 1 aromatic carbocycles. The van der Waals surface area contributed by atoms with E-state index in [1.54, 1.807) is 24.3 Å². The highest BCUT2D eigenvalue weighted by Gasteiger charge is 2.33. The second-order valence-electron chi connectivity index (χ2n) is 7.28. The zero-order chi connectivity index (χ0) is 17.9. The summed E-state index contributed by atoms with van der Waals surface area (Å²) in [5.74, 6) is 0.0134. The van der Waals surface area contributed by atoms with Crippen molar-refractivity contribution >= 4 is 15.9 Å². The summed E-state index contributed by atoms with van der Waals surface area (Å²) in [4.78, 5) is 12.5. The Labute approximate surface area is 149 Å². The van der Waals surface area contributed by atoms with E-state index >= 15 is 0 Å². The van der Waals surface area contributed by atoms with Crippen LogP contribution in [0.15, 0.2) is 29.2 Å². The van der Waals surface area contributed by atoms with Crippen LogP contribution in [0.4, 0.5) is 0 Å². The highest BCUT2D eigenvalue weighted by molar-refractivity contribution is 7.89. The summed E-state index contributed by atoms with van der Waals surface area (Å²) in [5.41, 5.74) is 6.58. The van der Waals surface area contributed by atoms with E-state index in [0.29, 0.717) is 19.4 Å². The number of aryl methyl sites for hydroxylation is 1. The SMILES string of the molecule is NCC1(NC(=O)CCc2ccc(S(=O)(=O)NC3CC3)cc2)CCCC1. The molecule has 138 valence electrons. The van der Waals surface area contributed by atoms with E-state index < -0.39 is 10.0 Å². The molecule has 0 atom stereocenters. The van der Waals surface area contributed by atoms with Crippen molar-refractivity contribution in [3.63, 3.8) is 0 Å². The summed E-state index contributed by atoms with van der Waals surface area (Å²) >= 11 is 0. The normalized spacial score (nSPS) is 19.7. The predicted octanol–water partition coefficient (Wildman–Crippen LogP) is 1.45. The molecule has 6 nitrogen and oxygen atoms in total. The minimum atomic E-state index is -3.42. The third-order valence-electron chi connectivity index (χ3n) is 5.13. The van der Waals surface area contributed by atoms with Gasteiger partial charge in [-0.05, 0) is 49.8 Å². The zero-order valence-corrected chi connectivity index (χ0v) is 15.3. The molecule has 2 fully saturated rings. The number of rotatable bonds is 8. The van der Waals surface area contributed by atoms with Crippen molar-refractivity contribution in [3.8, 4) is 0 Å². The van der Waals surface area contributed by atoms with Crippen LogP contribution in [-0.2, 0) is 21.2 Å². The van der Waals surface area contributed by atoms with Crippen molar-refractivity contribution in [3.05, 3.63) is 29.8 Å². The maximum absolute atomic E-state index is 12.2. The minimum Gasteiger partial charge on any atom is -0.349 e. The summed E-state index contributed by atoms with van der Waals surface area (Å²) in [6.07, 6.45) is 6.93. The molecule has 3 rings (SSSR count). The molecule has 1 amide bonds. The van der Waals surface area contributed by atoms with E-state index in [-0.39, 0.29) is 22.4 Å². The molecule has 0 radical (unpaired) electrons. The van der Waals surface area contributed by atoms with Crippen molar-refractivity contribution in [2.75, 3.05) is 6.54 Å². The highest BCUT2D eigenvalue weighted by atomic mass is 32.2. The van der Waals surface area contributed by atoms with Crippen LogP contribution >= 0.6 is 0 Å². The number of nitrogens with two attached hydrogens (primary N) is 1. The summed E-state index contributed by atoms with van der Waals surface area (Å²) in [6, 6.07) is 6.87. The number of hydrogen-bond acceptors (Lipinski definition) is 4. The maximum Gasteiger partial charge on any atom is 0.240 e. The molecule has 2 aliphatic rings. The lowest BCUT2D eigenvalue weighted by atomic mass is 9.97. The molecule has 2 saturated carbocycles. The van der Waals surface area contributed by atoms with Crippen LogP contribution < -0.4 is 15.8 Å². The van der Waals surface area contributed by atoms with E-state index in [2.05, 4.69) is 10.0 Å². The Morgan fingerprint density at radius 2 is 1.80 bits per heavy atom. The lowest BCUT2D eigenvalue weighted by molar-refractivity contribution is -0.122. The van der Waals surface area contributed by atoms with Gasteiger partial charge in [-0.15, -0.1) is 0 Å². The van der Waals surface area contributed by atoms with Gasteiger partial charge in [0.05, 0.1) is 10.4 Å². The van der Waals surface area contributed by atoms with Crippen molar-refractivity contribution < 1.29 is 13.2 Å². The first-order chi connectivity index (χ1) is 11.9. The van der Waals surface area contributed by atoms with Crippen LogP contribution in [0.3, 0.4) is 0 Å². The molecular formula is C18H27N3O3S. The Morgan fingerprint density at radius 1 is 1.16 bits per heavy atom. The zero-order valence-electron chi connectivity index (χ0n) is 14.5. The van der Waals surface area contributed by atoms with Gasteiger partial charge < -0.3 is 11.1 Å². The van der Waals surface area contributed by atoms with Crippen molar-refractivity contribution in [2.24, 2.45) is 5.73 Å². The molecule has 0 heterocycles. The average molecular weight is 365 g/mol. The number of benzene rings is 1. The molecule has 7 heteroatoms. The molecule has 0 spiro atoms. The summed E-state index contributed by atoms with van der Waals surface area (Å²) in [6.45, 7) is 0.485. The van der Waals surface area contributed by atoms with Gasteiger partial charge in [0.25, 0.3) is 0 Å². The molecule has 25 heavy (non-hydrogen) atoms. The molecule has 0 aliphatic heterocycles. The fourth-order valence-electron chi connectivity index (χ4n) is 3.37. The van der Waals surface area contributed by atoms with Crippen LogP contribution in [0.25, 0.3) is 0 Å². The molecule has 2 aliphatic carbocycles. The van der Waals surface area contributed by atoms with Crippen LogP contribution in [0.1, 0.15) is 50.5 Å². The van der Waals surface area contributed by atoms with Crippen LogP contribution in [0.2, 0.25) is 0 Å². The maximum atomic E-state index is 12.2. The van der Waals surface area contributed by atoms with Crippen LogP contribution in [-0.4, -0.2) is 32.5 Å². The number of carbonyl (C=O) groups is 1. The van der Waals surface area contributed by atoms with Crippen molar-refractivity contribution in [1.82, 2.24) is 10.0 Å². The Bertz CT molecular complexity index is 706. The summed E-state index contributed by atoms with van der Waals surface area (Å²) in [5, 5.41) is 3.11. The third kappa shape index (κ3) is 4.80. The quantitative estimate of drug-likeness (QED) is 0.649. The van der Waals surface area contributed by atoms with Gasteiger partial charge in [-0.1, -0.05) is 25.0 Å². The number of hydrogen-bond donors (Lipinski definition) is 3. The number of carbonyl (C=O) groups excluding carboxylic acids is 1. The second-order valence-corrected chi connectivity index (χ2v) is 8.99. The molecule has 0 aromatic heterocycles. The van der Waals surface area contributed by atoms with E-state index in [0.717, 1.165) is 44.1 Å². The lowest BCUT2D eigenvalue weighted by Crippen LogP contribution is -2.51. The first-order valence-corrected chi connectivity index (χ1v) is 10.5. The van der Waals surface area contributed by atoms with Crippen LogP contribution in [0, 0.1) is 0 Å². The van der Waals surface area contributed by atoms with Crippen LogP contribution in [0.5, 0.6) is 0 Å². The molecule has 0 unspecified atom stereocenters. The van der Waals surface area contributed by atoms with Gasteiger partial charge in [-0.3, -0.25) is 4.79 Å². The molecule has 1 aromatic rings. The Hall–Kier alpha value is -1.44. The third-order valence-corrected chi connectivity index (χ3v) is 6.67. The fraction of sp³-hybridized carbons (Fsp3) is 0.611.